The smallest absolute Gasteiger partial charge is 0.307 e. The minimum atomic E-state index is -3.09. The van der Waals surface area contributed by atoms with Crippen LogP contribution >= 0.6 is 0 Å². The molecule has 1 aromatic rings. The second kappa shape index (κ2) is 3.52. The largest absolute Gasteiger partial charge is 0.481 e. The Morgan fingerprint density at radius 3 is 2.24 bits per heavy atom. The van der Waals surface area contributed by atoms with E-state index in [0.717, 1.165) is 0 Å². The van der Waals surface area contributed by atoms with Crippen molar-refractivity contribution >= 4 is 5.97 Å². The molecule has 0 saturated heterocycles. The van der Waals surface area contributed by atoms with E-state index in [-0.39, 0.29) is 5.56 Å². The fourth-order valence-corrected chi connectivity index (χ4v) is 2.62. The first-order valence-corrected chi connectivity index (χ1v) is 5.45. The van der Waals surface area contributed by atoms with Gasteiger partial charge in [0.25, 0.3) is 5.92 Å². The van der Waals surface area contributed by atoms with Crippen LogP contribution in [-0.4, -0.2) is 11.1 Å². The summed E-state index contributed by atoms with van der Waals surface area (Å²) >= 11 is 0. The normalized spacial score (nSPS) is 26.6. The van der Waals surface area contributed by atoms with Crippen molar-refractivity contribution in [3.63, 3.8) is 0 Å². The van der Waals surface area contributed by atoms with Crippen molar-refractivity contribution in [1.29, 1.82) is 0 Å². The number of carboxylic acid groups (broad SMARTS) is 1. The van der Waals surface area contributed by atoms with E-state index in [1.165, 1.54) is 24.3 Å². The molecule has 2 atom stereocenters. The minimum absolute atomic E-state index is 0.109. The predicted molar refractivity (Wildman–Crippen MR) is 58.7 cm³/mol. The third-order valence-corrected chi connectivity index (χ3v) is 3.64. The Bertz CT molecular complexity index is 440. The van der Waals surface area contributed by atoms with Gasteiger partial charge >= 0.3 is 5.97 Å². The van der Waals surface area contributed by atoms with Crippen LogP contribution < -0.4 is 0 Å². The van der Waals surface area contributed by atoms with Crippen LogP contribution in [-0.2, 0) is 10.7 Å². The van der Waals surface area contributed by atoms with Gasteiger partial charge in [-0.05, 0) is 5.41 Å². The van der Waals surface area contributed by atoms with E-state index >= 15 is 0 Å². The molecule has 1 aliphatic carbocycles. The zero-order chi connectivity index (χ0) is 12.8. The summed E-state index contributed by atoms with van der Waals surface area (Å²) in [7, 11) is 0. The maximum absolute atomic E-state index is 14.2. The third-order valence-electron chi connectivity index (χ3n) is 3.64. The molecular formula is C13H14F2O2. The Balaban J connectivity index is 2.33. The number of halogens is 2. The molecule has 0 bridgehead atoms. The first-order chi connectivity index (χ1) is 7.79. The zero-order valence-electron chi connectivity index (χ0n) is 9.65. The fourth-order valence-electron chi connectivity index (χ4n) is 2.62. The highest BCUT2D eigenvalue weighted by molar-refractivity contribution is 5.76. The number of carboxylic acids is 1. The van der Waals surface area contributed by atoms with Gasteiger partial charge < -0.3 is 5.11 Å². The molecule has 1 N–H and O–H groups in total. The number of hydrogen-bond donors (Lipinski definition) is 1. The molecule has 17 heavy (non-hydrogen) atoms. The van der Waals surface area contributed by atoms with Gasteiger partial charge in [-0.3, -0.25) is 4.79 Å². The SMILES string of the molecule is CC1(C)C(C(=O)O)C1C(F)(F)c1ccccc1. The molecule has 1 fully saturated rings. The van der Waals surface area contributed by atoms with Gasteiger partial charge in [-0.25, -0.2) is 8.78 Å². The van der Waals surface area contributed by atoms with Crippen LogP contribution in [0, 0.1) is 17.3 Å². The van der Waals surface area contributed by atoms with Crippen molar-refractivity contribution in [3.8, 4) is 0 Å². The topological polar surface area (TPSA) is 37.3 Å². The summed E-state index contributed by atoms with van der Waals surface area (Å²) in [5, 5.41) is 8.94. The predicted octanol–water partition coefficient (Wildman–Crippen LogP) is 3.14. The zero-order valence-corrected chi connectivity index (χ0v) is 9.65. The number of alkyl halides is 2. The lowest BCUT2D eigenvalue weighted by atomic mass is 9.99. The maximum atomic E-state index is 14.2. The number of hydrogen-bond acceptors (Lipinski definition) is 1. The molecule has 0 aliphatic heterocycles. The van der Waals surface area contributed by atoms with E-state index in [1.807, 2.05) is 0 Å². The molecule has 4 heteroatoms. The Labute approximate surface area is 98.3 Å². The van der Waals surface area contributed by atoms with E-state index < -0.39 is 29.1 Å². The average molecular weight is 240 g/mol. The molecule has 0 radical (unpaired) electrons. The monoisotopic (exact) mass is 240 g/mol. The molecule has 0 heterocycles. The van der Waals surface area contributed by atoms with Crippen molar-refractivity contribution in [2.24, 2.45) is 17.3 Å². The number of benzene rings is 1. The lowest BCUT2D eigenvalue weighted by Gasteiger charge is -2.18. The van der Waals surface area contributed by atoms with E-state index in [1.54, 1.807) is 19.9 Å². The van der Waals surface area contributed by atoms with Gasteiger partial charge in [0, 0.05) is 11.5 Å². The van der Waals surface area contributed by atoms with Gasteiger partial charge in [0.05, 0.1) is 5.92 Å². The summed E-state index contributed by atoms with van der Waals surface area (Å²) in [6.07, 6.45) is 0. The van der Waals surface area contributed by atoms with E-state index in [4.69, 9.17) is 5.11 Å². The molecule has 0 aromatic heterocycles. The molecule has 2 unspecified atom stereocenters. The number of rotatable bonds is 3. The van der Waals surface area contributed by atoms with Crippen LogP contribution in [0.5, 0.6) is 0 Å². The van der Waals surface area contributed by atoms with Crippen LogP contribution in [0.1, 0.15) is 19.4 Å². The molecule has 0 amide bonds. The van der Waals surface area contributed by atoms with Gasteiger partial charge in [0.2, 0.25) is 0 Å². The summed E-state index contributed by atoms with van der Waals surface area (Å²) in [4.78, 5) is 10.9. The second-order valence-corrected chi connectivity index (χ2v) is 5.10. The molecular weight excluding hydrogens is 226 g/mol. The Morgan fingerprint density at radius 1 is 1.29 bits per heavy atom. The standard InChI is InChI=1S/C13H14F2O2/c1-12(2)9(11(16)17)10(12)13(14,15)8-6-4-3-5-7-8/h3-7,9-10H,1-2H3,(H,16,17). The molecule has 0 spiro atoms. The highest BCUT2D eigenvalue weighted by atomic mass is 19.3. The molecule has 1 saturated carbocycles. The van der Waals surface area contributed by atoms with Crippen LogP contribution in [0.3, 0.4) is 0 Å². The van der Waals surface area contributed by atoms with E-state index in [0.29, 0.717) is 0 Å². The summed E-state index contributed by atoms with van der Waals surface area (Å²) in [5.74, 6) is -6.34. The molecule has 92 valence electrons. The Kier molecular flexibility index (Phi) is 2.49. The maximum Gasteiger partial charge on any atom is 0.307 e. The van der Waals surface area contributed by atoms with Gasteiger partial charge in [-0.15, -0.1) is 0 Å². The minimum Gasteiger partial charge on any atom is -0.481 e. The van der Waals surface area contributed by atoms with Crippen molar-refractivity contribution in [1.82, 2.24) is 0 Å². The Morgan fingerprint density at radius 2 is 1.82 bits per heavy atom. The first kappa shape index (κ1) is 12.0. The third kappa shape index (κ3) is 1.72. The van der Waals surface area contributed by atoms with E-state index in [9.17, 15) is 13.6 Å². The summed E-state index contributed by atoms with van der Waals surface area (Å²) in [6.45, 7) is 3.15. The van der Waals surface area contributed by atoms with Crippen molar-refractivity contribution in [2.45, 2.75) is 19.8 Å². The van der Waals surface area contributed by atoms with Crippen molar-refractivity contribution in [3.05, 3.63) is 35.9 Å². The van der Waals surface area contributed by atoms with Gasteiger partial charge in [-0.2, -0.15) is 0 Å². The van der Waals surface area contributed by atoms with Crippen LogP contribution in [0.15, 0.2) is 30.3 Å². The average Bonchev–Trinajstić information content (AvgIpc) is 2.84. The molecule has 2 rings (SSSR count). The van der Waals surface area contributed by atoms with Gasteiger partial charge in [0.15, 0.2) is 0 Å². The van der Waals surface area contributed by atoms with Crippen LogP contribution in [0.4, 0.5) is 8.78 Å². The second-order valence-electron chi connectivity index (χ2n) is 5.10. The highest BCUT2D eigenvalue weighted by Crippen LogP contribution is 2.67. The van der Waals surface area contributed by atoms with Crippen LogP contribution in [0.2, 0.25) is 0 Å². The highest BCUT2D eigenvalue weighted by Gasteiger charge is 2.72. The Hall–Kier alpha value is -1.45. The summed E-state index contributed by atoms with van der Waals surface area (Å²) in [6, 6.07) is 7.41. The lowest BCUT2D eigenvalue weighted by molar-refractivity contribution is -0.141. The van der Waals surface area contributed by atoms with E-state index in [2.05, 4.69) is 0 Å². The van der Waals surface area contributed by atoms with Gasteiger partial charge in [0.1, 0.15) is 0 Å². The summed E-state index contributed by atoms with van der Waals surface area (Å²) in [5.41, 5.74) is -0.965. The molecule has 1 aliphatic rings. The quantitative estimate of drug-likeness (QED) is 0.881. The number of aliphatic carboxylic acids is 1. The molecule has 1 aromatic carbocycles. The fraction of sp³-hybridized carbons (Fsp3) is 0.462. The molecule has 2 nitrogen and oxygen atoms in total. The van der Waals surface area contributed by atoms with Gasteiger partial charge in [-0.1, -0.05) is 44.2 Å². The van der Waals surface area contributed by atoms with Crippen molar-refractivity contribution in [2.75, 3.05) is 0 Å². The van der Waals surface area contributed by atoms with Crippen LogP contribution in [0.25, 0.3) is 0 Å². The van der Waals surface area contributed by atoms with Crippen molar-refractivity contribution < 1.29 is 18.7 Å². The lowest BCUT2D eigenvalue weighted by Crippen LogP contribution is -2.20. The summed E-state index contributed by atoms with van der Waals surface area (Å²) < 4.78 is 28.4. The number of carbonyl (C=O) groups is 1. The first-order valence-electron chi connectivity index (χ1n) is 5.45.